The molecule has 18 heavy (non-hydrogen) atoms. The highest BCUT2D eigenvalue weighted by Gasteiger charge is 2.05. The molecule has 6 heteroatoms. The molecule has 0 saturated carbocycles. The molecular formula is C12H12N4O2. The molecule has 2 rings (SSSR count). The number of oxime groups is 1. The smallest absolute Gasteiger partial charge is 0.267 e. The third kappa shape index (κ3) is 2.54. The van der Waals surface area contributed by atoms with Gasteiger partial charge in [-0.3, -0.25) is 4.79 Å². The fourth-order valence-electron chi connectivity index (χ4n) is 1.51. The monoisotopic (exact) mass is 244 g/mol. The van der Waals surface area contributed by atoms with Crippen molar-refractivity contribution in [2.45, 2.75) is 6.54 Å². The molecule has 0 bridgehead atoms. The van der Waals surface area contributed by atoms with E-state index in [1.54, 1.807) is 0 Å². The van der Waals surface area contributed by atoms with Crippen LogP contribution in [0.1, 0.15) is 11.3 Å². The molecule has 0 unspecified atom stereocenters. The first kappa shape index (κ1) is 11.8. The molecule has 0 amide bonds. The molecule has 0 atom stereocenters. The van der Waals surface area contributed by atoms with Crippen molar-refractivity contribution in [2.75, 3.05) is 0 Å². The fraction of sp³-hybridized carbons (Fsp3) is 0.0833. The standard InChI is InChI=1S/C12H12N4O2/c13-12(15-18)10-6-7-11(17)16(14-10)8-9-4-2-1-3-5-9/h1-7,18H,8H2,(H2,13,15). The van der Waals surface area contributed by atoms with Gasteiger partial charge in [0.2, 0.25) is 0 Å². The molecule has 1 heterocycles. The maximum atomic E-state index is 11.6. The Morgan fingerprint density at radius 3 is 2.67 bits per heavy atom. The van der Waals surface area contributed by atoms with E-state index in [1.165, 1.54) is 16.8 Å². The molecule has 1 aromatic heterocycles. The number of nitrogens with two attached hydrogens (primary N) is 1. The van der Waals surface area contributed by atoms with Crippen molar-refractivity contribution >= 4 is 5.84 Å². The van der Waals surface area contributed by atoms with E-state index in [0.717, 1.165) is 5.56 Å². The van der Waals surface area contributed by atoms with Crippen molar-refractivity contribution in [1.29, 1.82) is 0 Å². The first-order chi connectivity index (χ1) is 8.70. The van der Waals surface area contributed by atoms with E-state index < -0.39 is 0 Å². The Hall–Kier alpha value is -2.63. The van der Waals surface area contributed by atoms with Crippen molar-refractivity contribution in [3.8, 4) is 0 Å². The maximum absolute atomic E-state index is 11.6. The molecule has 92 valence electrons. The van der Waals surface area contributed by atoms with Crippen LogP contribution >= 0.6 is 0 Å². The zero-order chi connectivity index (χ0) is 13.0. The fourth-order valence-corrected chi connectivity index (χ4v) is 1.51. The largest absolute Gasteiger partial charge is 0.409 e. The molecule has 0 saturated heterocycles. The molecule has 0 radical (unpaired) electrons. The van der Waals surface area contributed by atoms with Crippen LogP contribution in [-0.4, -0.2) is 20.8 Å². The van der Waals surface area contributed by atoms with Gasteiger partial charge in [0.15, 0.2) is 5.84 Å². The number of hydrogen-bond acceptors (Lipinski definition) is 4. The summed E-state index contributed by atoms with van der Waals surface area (Å²) < 4.78 is 1.27. The number of amidine groups is 1. The molecule has 6 nitrogen and oxygen atoms in total. The maximum Gasteiger partial charge on any atom is 0.267 e. The second kappa shape index (κ2) is 5.13. The van der Waals surface area contributed by atoms with E-state index in [2.05, 4.69) is 10.3 Å². The minimum Gasteiger partial charge on any atom is -0.409 e. The van der Waals surface area contributed by atoms with Gasteiger partial charge in [0, 0.05) is 6.07 Å². The van der Waals surface area contributed by atoms with Gasteiger partial charge in [0.05, 0.1) is 6.54 Å². The van der Waals surface area contributed by atoms with Crippen LogP contribution in [-0.2, 0) is 6.54 Å². The lowest BCUT2D eigenvalue weighted by molar-refractivity contribution is 0.318. The summed E-state index contributed by atoms with van der Waals surface area (Å²) in [4.78, 5) is 11.6. The van der Waals surface area contributed by atoms with Gasteiger partial charge in [-0.15, -0.1) is 0 Å². The number of hydrogen-bond donors (Lipinski definition) is 2. The summed E-state index contributed by atoms with van der Waals surface area (Å²) in [5.74, 6) is -0.128. The van der Waals surface area contributed by atoms with E-state index >= 15 is 0 Å². The Kier molecular flexibility index (Phi) is 3.38. The van der Waals surface area contributed by atoms with Crippen LogP contribution in [0.15, 0.2) is 52.4 Å². The van der Waals surface area contributed by atoms with Crippen molar-refractivity contribution < 1.29 is 5.21 Å². The number of nitrogens with zero attached hydrogens (tertiary/aromatic N) is 3. The van der Waals surface area contributed by atoms with Crippen LogP contribution in [0.2, 0.25) is 0 Å². The second-order valence-corrected chi connectivity index (χ2v) is 3.69. The van der Waals surface area contributed by atoms with E-state index in [1.807, 2.05) is 30.3 Å². The summed E-state index contributed by atoms with van der Waals surface area (Å²) in [5.41, 5.74) is 6.39. The van der Waals surface area contributed by atoms with Crippen LogP contribution in [0.4, 0.5) is 0 Å². The lowest BCUT2D eigenvalue weighted by atomic mass is 10.2. The van der Waals surface area contributed by atoms with E-state index in [4.69, 9.17) is 10.9 Å². The van der Waals surface area contributed by atoms with Gasteiger partial charge in [-0.05, 0) is 11.6 Å². The lowest BCUT2D eigenvalue weighted by Gasteiger charge is -2.06. The highest BCUT2D eigenvalue weighted by molar-refractivity contribution is 5.94. The van der Waals surface area contributed by atoms with Crippen molar-refractivity contribution in [1.82, 2.24) is 9.78 Å². The van der Waals surface area contributed by atoms with Crippen LogP contribution < -0.4 is 11.3 Å². The van der Waals surface area contributed by atoms with Gasteiger partial charge in [-0.25, -0.2) is 4.68 Å². The Labute approximate surface area is 103 Å². The summed E-state index contributed by atoms with van der Waals surface area (Å²) in [6, 6.07) is 12.2. The Bertz CT molecular complexity index is 619. The van der Waals surface area contributed by atoms with Crippen molar-refractivity contribution in [3.63, 3.8) is 0 Å². The van der Waals surface area contributed by atoms with Gasteiger partial charge in [-0.1, -0.05) is 35.5 Å². The average molecular weight is 244 g/mol. The minimum absolute atomic E-state index is 0.128. The van der Waals surface area contributed by atoms with Gasteiger partial charge in [0.25, 0.3) is 5.56 Å². The normalized spacial score (nSPS) is 11.4. The second-order valence-electron chi connectivity index (χ2n) is 3.69. The zero-order valence-corrected chi connectivity index (χ0v) is 9.52. The van der Waals surface area contributed by atoms with Gasteiger partial charge >= 0.3 is 0 Å². The summed E-state index contributed by atoms with van der Waals surface area (Å²) >= 11 is 0. The summed E-state index contributed by atoms with van der Waals surface area (Å²) in [6.07, 6.45) is 0. The van der Waals surface area contributed by atoms with E-state index in [-0.39, 0.29) is 17.1 Å². The quantitative estimate of drug-likeness (QED) is 0.353. The summed E-state index contributed by atoms with van der Waals surface area (Å²) in [6.45, 7) is 0.340. The lowest BCUT2D eigenvalue weighted by Crippen LogP contribution is -2.27. The molecule has 0 aliphatic carbocycles. The molecule has 2 aromatic rings. The predicted molar refractivity (Wildman–Crippen MR) is 66.6 cm³/mol. The summed E-state index contributed by atoms with van der Waals surface area (Å²) in [5, 5.41) is 15.5. The van der Waals surface area contributed by atoms with Crippen LogP contribution in [0, 0.1) is 0 Å². The number of aromatic nitrogens is 2. The first-order valence-corrected chi connectivity index (χ1v) is 5.30. The Morgan fingerprint density at radius 2 is 2.00 bits per heavy atom. The van der Waals surface area contributed by atoms with E-state index in [0.29, 0.717) is 6.54 Å². The molecular weight excluding hydrogens is 232 g/mol. The highest BCUT2D eigenvalue weighted by atomic mass is 16.4. The van der Waals surface area contributed by atoms with Crippen LogP contribution in [0.5, 0.6) is 0 Å². The van der Waals surface area contributed by atoms with Gasteiger partial charge in [-0.2, -0.15) is 5.10 Å². The van der Waals surface area contributed by atoms with Crippen LogP contribution in [0.3, 0.4) is 0 Å². The molecule has 0 spiro atoms. The predicted octanol–water partition coefficient (Wildman–Crippen LogP) is 0.386. The van der Waals surface area contributed by atoms with Gasteiger partial charge in [0.1, 0.15) is 5.69 Å². The van der Waals surface area contributed by atoms with E-state index in [9.17, 15) is 4.79 Å². The summed E-state index contributed by atoms with van der Waals surface area (Å²) in [7, 11) is 0. The zero-order valence-electron chi connectivity index (χ0n) is 9.52. The molecule has 0 aliphatic rings. The highest BCUT2D eigenvalue weighted by Crippen LogP contribution is 2.00. The topological polar surface area (TPSA) is 93.5 Å². The Balaban J connectivity index is 2.36. The third-order valence-electron chi connectivity index (χ3n) is 2.41. The third-order valence-corrected chi connectivity index (χ3v) is 2.41. The van der Waals surface area contributed by atoms with Crippen LogP contribution in [0.25, 0.3) is 0 Å². The average Bonchev–Trinajstić information content (AvgIpc) is 2.41. The molecule has 1 aromatic carbocycles. The SMILES string of the molecule is N/C(=N\O)c1ccc(=O)n(Cc2ccccc2)n1. The number of rotatable bonds is 3. The number of benzene rings is 1. The molecule has 3 N–H and O–H groups in total. The first-order valence-electron chi connectivity index (χ1n) is 5.30. The molecule has 0 fully saturated rings. The van der Waals surface area contributed by atoms with Crippen molar-refractivity contribution in [2.24, 2.45) is 10.9 Å². The minimum atomic E-state index is -0.242. The van der Waals surface area contributed by atoms with Gasteiger partial charge < -0.3 is 10.9 Å². The van der Waals surface area contributed by atoms with Crippen molar-refractivity contribution in [3.05, 3.63) is 64.1 Å². The molecule has 0 aliphatic heterocycles. The Morgan fingerprint density at radius 1 is 1.28 bits per heavy atom.